The van der Waals surface area contributed by atoms with Gasteiger partial charge < -0.3 is 14.8 Å². The predicted octanol–water partition coefficient (Wildman–Crippen LogP) is 7.97. The van der Waals surface area contributed by atoms with Gasteiger partial charge in [0.25, 0.3) is 11.8 Å². The van der Waals surface area contributed by atoms with Crippen molar-refractivity contribution in [2.24, 2.45) is 0 Å². The second-order valence-corrected chi connectivity index (χ2v) is 12.3. The normalized spacial score (nSPS) is 15.3. The number of halogens is 7. The van der Waals surface area contributed by atoms with E-state index in [1.807, 2.05) is 22.6 Å². The molecule has 0 aliphatic carbocycles. The van der Waals surface area contributed by atoms with Gasteiger partial charge in [0.2, 0.25) is 0 Å². The number of carbonyl (C=O) groups is 2. The van der Waals surface area contributed by atoms with E-state index in [4.69, 9.17) is 14.3 Å². The Bertz CT molecular complexity index is 1910. The van der Waals surface area contributed by atoms with Gasteiger partial charge in [0.05, 0.1) is 34.8 Å². The van der Waals surface area contributed by atoms with E-state index in [2.05, 4.69) is 10.8 Å². The molecule has 252 valence electrons. The maximum Gasteiger partial charge on any atom is 0.277 e. The fourth-order valence-corrected chi connectivity index (χ4v) is 5.32. The first kappa shape index (κ1) is 35.1. The number of nitrogens with zero attached hydrogens (tertiary/aromatic N) is 1. The molecule has 0 unspecified atom stereocenters. The van der Waals surface area contributed by atoms with Crippen LogP contribution in [0.2, 0.25) is 0 Å². The molecule has 48 heavy (non-hydrogen) atoms. The van der Waals surface area contributed by atoms with Crippen molar-refractivity contribution in [3.8, 4) is 0 Å². The number of benzene rings is 4. The van der Waals surface area contributed by atoms with Crippen LogP contribution in [0.15, 0.2) is 60.7 Å². The van der Waals surface area contributed by atoms with E-state index in [0.717, 1.165) is 30.3 Å². The number of aryl methyl sites for hydroxylation is 1. The molecular weight excluding hydrogens is 759 g/mol. The summed E-state index contributed by atoms with van der Waals surface area (Å²) in [6, 6.07) is 9.88. The Morgan fingerprint density at radius 3 is 2.23 bits per heavy atom. The van der Waals surface area contributed by atoms with E-state index < -0.39 is 86.8 Å². The maximum absolute atomic E-state index is 15.8. The molecule has 0 spiro atoms. The lowest BCUT2D eigenvalue weighted by Gasteiger charge is -2.27. The van der Waals surface area contributed by atoms with E-state index in [-0.39, 0.29) is 18.9 Å². The van der Waals surface area contributed by atoms with Crippen LogP contribution in [0.4, 0.5) is 49.1 Å². The van der Waals surface area contributed by atoms with Crippen molar-refractivity contribution in [3.63, 3.8) is 0 Å². The fourth-order valence-electron chi connectivity index (χ4n) is 4.86. The SMILES string of the molecule is Cc1ccc(N(C(=O)c2ccc(F)c(F)c2Nc2ccc(I)cc2F)c2c(C(=O)NOC[C@H]3COC(C)(C)O3)ccc(F)c2F)c(F)c1. The van der Waals surface area contributed by atoms with Crippen LogP contribution in [-0.4, -0.2) is 36.9 Å². The first-order valence-corrected chi connectivity index (χ1v) is 15.3. The lowest BCUT2D eigenvalue weighted by atomic mass is 10.0. The number of amides is 2. The zero-order valence-corrected chi connectivity index (χ0v) is 27.6. The predicted molar refractivity (Wildman–Crippen MR) is 171 cm³/mol. The largest absolute Gasteiger partial charge is 0.350 e. The smallest absolute Gasteiger partial charge is 0.277 e. The summed E-state index contributed by atoms with van der Waals surface area (Å²) >= 11 is 1.82. The Morgan fingerprint density at radius 1 is 0.896 bits per heavy atom. The first-order chi connectivity index (χ1) is 22.7. The third-order valence-corrected chi connectivity index (χ3v) is 7.77. The summed E-state index contributed by atoms with van der Waals surface area (Å²) < 4.78 is 102. The minimum absolute atomic E-state index is 0.130. The highest BCUT2D eigenvalue weighted by molar-refractivity contribution is 14.1. The molecule has 1 aliphatic heterocycles. The molecule has 1 heterocycles. The molecule has 1 fully saturated rings. The van der Waals surface area contributed by atoms with Crippen LogP contribution >= 0.6 is 22.6 Å². The summed E-state index contributed by atoms with van der Waals surface area (Å²) in [5.41, 5.74) is -2.04. The molecule has 2 N–H and O–H groups in total. The second kappa shape index (κ2) is 14.1. The quantitative estimate of drug-likeness (QED) is 0.102. The summed E-state index contributed by atoms with van der Waals surface area (Å²) in [6.07, 6.45) is -0.596. The summed E-state index contributed by atoms with van der Waals surface area (Å²) in [4.78, 5) is 33.2. The van der Waals surface area contributed by atoms with Crippen molar-refractivity contribution >= 4 is 57.2 Å². The summed E-state index contributed by atoms with van der Waals surface area (Å²) in [6.45, 7) is 4.76. The van der Waals surface area contributed by atoms with E-state index in [0.29, 0.717) is 26.2 Å². The van der Waals surface area contributed by atoms with E-state index in [9.17, 15) is 22.8 Å². The third kappa shape index (κ3) is 7.43. The van der Waals surface area contributed by atoms with Crippen molar-refractivity contribution in [3.05, 3.63) is 116 Å². The van der Waals surface area contributed by atoms with Gasteiger partial charge >= 0.3 is 0 Å². The highest BCUT2D eigenvalue weighted by Gasteiger charge is 2.35. The van der Waals surface area contributed by atoms with Gasteiger partial charge in [0.1, 0.15) is 30.0 Å². The van der Waals surface area contributed by atoms with Crippen LogP contribution in [0.25, 0.3) is 0 Å². The van der Waals surface area contributed by atoms with Crippen molar-refractivity contribution in [1.82, 2.24) is 5.48 Å². The Hall–Kier alpha value is -4.19. The van der Waals surface area contributed by atoms with Crippen LogP contribution in [0.3, 0.4) is 0 Å². The fraction of sp³-hybridized carbons (Fsp3) is 0.212. The number of carbonyl (C=O) groups excluding carboxylic acids is 2. The minimum Gasteiger partial charge on any atom is -0.350 e. The lowest BCUT2D eigenvalue weighted by molar-refractivity contribution is -0.147. The lowest BCUT2D eigenvalue weighted by Crippen LogP contribution is -2.34. The van der Waals surface area contributed by atoms with Gasteiger partial charge in [-0.2, -0.15) is 0 Å². The zero-order valence-electron chi connectivity index (χ0n) is 25.4. The average Bonchev–Trinajstić information content (AvgIpc) is 3.37. The van der Waals surface area contributed by atoms with Gasteiger partial charge in [-0.25, -0.2) is 31.8 Å². The van der Waals surface area contributed by atoms with Gasteiger partial charge in [0.15, 0.2) is 29.1 Å². The molecule has 0 saturated carbocycles. The zero-order chi connectivity index (χ0) is 34.9. The molecule has 2 amide bonds. The number of hydroxylamine groups is 1. The van der Waals surface area contributed by atoms with Gasteiger partial charge in [0, 0.05) is 3.57 Å². The minimum atomic E-state index is -1.76. The molecule has 4 aromatic carbocycles. The molecule has 1 atom stereocenters. The van der Waals surface area contributed by atoms with E-state index in [1.54, 1.807) is 13.8 Å². The number of nitrogens with one attached hydrogen (secondary N) is 2. The molecule has 1 aliphatic rings. The monoisotopic (exact) mass is 785 g/mol. The summed E-state index contributed by atoms with van der Waals surface area (Å²) in [5, 5.41) is 2.34. The van der Waals surface area contributed by atoms with Gasteiger partial charge in [-0.15, -0.1) is 0 Å². The molecule has 5 rings (SSSR count). The Morgan fingerprint density at radius 2 is 1.58 bits per heavy atom. The Balaban J connectivity index is 1.61. The molecule has 8 nitrogen and oxygen atoms in total. The van der Waals surface area contributed by atoms with Gasteiger partial charge in [-0.3, -0.25) is 19.3 Å². The van der Waals surface area contributed by atoms with E-state index >= 15 is 13.2 Å². The van der Waals surface area contributed by atoms with Crippen LogP contribution in [0.1, 0.15) is 40.1 Å². The molecule has 15 heteroatoms. The highest BCUT2D eigenvalue weighted by Crippen LogP contribution is 2.38. The first-order valence-electron chi connectivity index (χ1n) is 14.2. The molecule has 0 aromatic heterocycles. The Labute approximate surface area is 284 Å². The van der Waals surface area contributed by atoms with Crippen LogP contribution < -0.4 is 15.7 Å². The molecule has 4 aromatic rings. The highest BCUT2D eigenvalue weighted by atomic mass is 127. The van der Waals surface area contributed by atoms with Crippen molar-refractivity contribution in [2.75, 3.05) is 23.4 Å². The standard InChI is InChI=1S/C33H26F6IN3O5/c1-16-4-11-26(24(37)12-16)43(32(45)19-6-8-21(34)27(38)29(19)41-25-10-5-17(40)13-23(25)36)30-20(7-9-22(35)28(30)39)31(44)42-47-15-18-14-46-33(2,3)48-18/h4-13,18,41H,14-15H2,1-3H3,(H,42,44)/t18-/m1/s1. The van der Waals surface area contributed by atoms with Gasteiger partial charge in [-0.1, -0.05) is 6.07 Å². The molecule has 0 bridgehead atoms. The Kier molecular flexibility index (Phi) is 10.3. The summed E-state index contributed by atoms with van der Waals surface area (Å²) in [7, 11) is 0. The molecule has 0 radical (unpaired) electrons. The number of hydrogen-bond donors (Lipinski definition) is 2. The number of ether oxygens (including phenoxy) is 2. The van der Waals surface area contributed by atoms with Gasteiger partial charge in [-0.05, 0) is 104 Å². The third-order valence-electron chi connectivity index (χ3n) is 7.10. The summed E-state index contributed by atoms with van der Waals surface area (Å²) in [5.74, 6) is -11.9. The number of anilines is 4. The topological polar surface area (TPSA) is 89.1 Å². The number of hydrogen-bond acceptors (Lipinski definition) is 6. The average molecular weight is 785 g/mol. The van der Waals surface area contributed by atoms with Crippen molar-refractivity contribution < 1.29 is 50.2 Å². The maximum atomic E-state index is 15.8. The van der Waals surface area contributed by atoms with Crippen molar-refractivity contribution in [2.45, 2.75) is 32.7 Å². The van der Waals surface area contributed by atoms with E-state index in [1.165, 1.54) is 25.1 Å². The number of rotatable bonds is 9. The molecule has 1 saturated heterocycles. The second-order valence-electron chi connectivity index (χ2n) is 11.1. The van der Waals surface area contributed by atoms with Crippen LogP contribution in [0, 0.1) is 45.4 Å². The van der Waals surface area contributed by atoms with Crippen molar-refractivity contribution in [1.29, 1.82) is 0 Å². The van der Waals surface area contributed by atoms with Crippen LogP contribution in [0.5, 0.6) is 0 Å². The molecular formula is C33H26F6IN3O5. The van der Waals surface area contributed by atoms with Crippen LogP contribution in [-0.2, 0) is 14.3 Å².